The molecule has 58 valence electrons. The molecule has 2 nitrogen and oxygen atoms in total. The van der Waals surface area contributed by atoms with Gasteiger partial charge in [-0.05, 0) is 12.3 Å². The zero-order valence-corrected chi connectivity index (χ0v) is 6.80. The van der Waals surface area contributed by atoms with E-state index in [2.05, 4.69) is 18.8 Å². The van der Waals surface area contributed by atoms with Gasteiger partial charge in [0.05, 0.1) is 11.9 Å². The Morgan fingerprint density at radius 1 is 1.70 bits per heavy atom. The smallest absolute Gasteiger partial charge is 0.0944 e. The van der Waals surface area contributed by atoms with Crippen molar-refractivity contribution >= 4 is 5.84 Å². The Labute approximate surface area is 62.5 Å². The van der Waals surface area contributed by atoms with Crippen LogP contribution in [0.2, 0.25) is 0 Å². The monoisotopic (exact) mass is 140 g/mol. The fraction of sp³-hybridized carbons (Fsp3) is 0.875. The van der Waals surface area contributed by atoms with E-state index in [1.807, 2.05) is 0 Å². The molecule has 0 radical (unpaired) electrons. The largest absolute Gasteiger partial charge is 0.387 e. The first-order chi connectivity index (χ1) is 4.74. The molecule has 2 N–H and O–H groups in total. The second-order valence-electron chi connectivity index (χ2n) is 3.16. The second kappa shape index (κ2) is 3.04. The van der Waals surface area contributed by atoms with Crippen molar-refractivity contribution in [1.29, 1.82) is 0 Å². The maximum atomic E-state index is 5.60. The molecule has 10 heavy (non-hydrogen) atoms. The lowest BCUT2D eigenvalue weighted by Gasteiger charge is -2.09. The van der Waals surface area contributed by atoms with Gasteiger partial charge in [0.2, 0.25) is 0 Å². The van der Waals surface area contributed by atoms with Crippen molar-refractivity contribution in [3.05, 3.63) is 0 Å². The summed E-state index contributed by atoms with van der Waals surface area (Å²) in [5.41, 5.74) is 5.60. The zero-order valence-electron chi connectivity index (χ0n) is 6.80. The highest BCUT2D eigenvalue weighted by molar-refractivity contribution is 5.82. The summed E-state index contributed by atoms with van der Waals surface area (Å²) in [6.45, 7) is 4.42. The normalized spacial score (nSPS) is 32.4. The maximum absolute atomic E-state index is 5.60. The van der Waals surface area contributed by atoms with Crippen molar-refractivity contribution in [3.63, 3.8) is 0 Å². The highest BCUT2D eigenvalue weighted by atomic mass is 14.9. The van der Waals surface area contributed by atoms with E-state index in [9.17, 15) is 0 Å². The van der Waals surface area contributed by atoms with E-state index < -0.39 is 0 Å². The molecule has 1 aliphatic heterocycles. The van der Waals surface area contributed by atoms with Crippen molar-refractivity contribution < 1.29 is 0 Å². The molecule has 0 aliphatic carbocycles. The third-order valence-electron chi connectivity index (χ3n) is 2.10. The van der Waals surface area contributed by atoms with Gasteiger partial charge in [0.1, 0.15) is 0 Å². The van der Waals surface area contributed by atoms with Gasteiger partial charge >= 0.3 is 0 Å². The summed E-state index contributed by atoms with van der Waals surface area (Å²) in [5.74, 6) is 1.53. The van der Waals surface area contributed by atoms with Gasteiger partial charge in [0, 0.05) is 6.42 Å². The lowest BCUT2D eigenvalue weighted by molar-refractivity contribution is 0.471. The van der Waals surface area contributed by atoms with Crippen molar-refractivity contribution in [2.75, 3.05) is 0 Å². The molecule has 1 aliphatic rings. The Kier molecular flexibility index (Phi) is 2.30. The number of hydrogen-bond acceptors (Lipinski definition) is 2. The number of nitrogens with two attached hydrogens (primary N) is 1. The van der Waals surface area contributed by atoms with Gasteiger partial charge < -0.3 is 5.73 Å². The Morgan fingerprint density at radius 3 is 2.80 bits per heavy atom. The summed E-state index contributed by atoms with van der Waals surface area (Å²) in [6, 6.07) is 0.519. The van der Waals surface area contributed by atoms with Crippen LogP contribution in [0.1, 0.15) is 33.1 Å². The molecule has 2 unspecified atom stereocenters. The first-order valence-electron chi connectivity index (χ1n) is 4.06. The number of nitrogens with zero attached hydrogens (tertiary/aromatic N) is 1. The van der Waals surface area contributed by atoms with Gasteiger partial charge in [-0.1, -0.05) is 20.3 Å². The predicted octanol–water partition coefficient (Wildman–Crippen LogP) is 1.55. The SMILES string of the molecule is CCCC1N=C(N)CC1C. The first-order valence-corrected chi connectivity index (χ1v) is 4.06. The lowest BCUT2D eigenvalue weighted by atomic mass is 9.98. The van der Waals surface area contributed by atoms with Gasteiger partial charge in [0.25, 0.3) is 0 Å². The molecule has 1 heterocycles. The third kappa shape index (κ3) is 1.49. The maximum Gasteiger partial charge on any atom is 0.0944 e. The van der Waals surface area contributed by atoms with Crippen LogP contribution in [0.15, 0.2) is 4.99 Å². The van der Waals surface area contributed by atoms with Crippen molar-refractivity contribution in [2.24, 2.45) is 16.6 Å². The summed E-state index contributed by atoms with van der Waals surface area (Å²) in [6.07, 6.45) is 3.42. The molecule has 0 aromatic carbocycles. The van der Waals surface area contributed by atoms with Gasteiger partial charge in [0.15, 0.2) is 0 Å². The Bertz CT molecular complexity index is 140. The van der Waals surface area contributed by atoms with E-state index in [0.717, 1.165) is 12.3 Å². The average molecular weight is 140 g/mol. The first kappa shape index (κ1) is 7.58. The van der Waals surface area contributed by atoms with E-state index in [1.54, 1.807) is 0 Å². The Hall–Kier alpha value is -0.530. The third-order valence-corrected chi connectivity index (χ3v) is 2.10. The molecule has 0 spiro atoms. The summed E-state index contributed by atoms with van der Waals surface area (Å²) in [7, 11) is 0. The van der Waals surface area contributed by atoms with Gasteiger partial charge in [-0.15, -0.1) is 0 Å². The number of rotatable bonds is 2. The fourth-order valence-electron chi connectivity index (χ4n) is 1.50. The van der Waals surface area contributed by atoms with Crippen LogP contribution in [0, 0.1) is 5.92 Å². The van der Waals surface area contributed by atoms with Crippen LogP contribution in [0.3, 0.4) is 0 Å². The van der Waals surface area contributed by atoms with E-state index in [-0.39, 0.29) is 0 Å². The molecule has 0 bridgehead atoms. The highest BCUT2D eigenvalue weighted by Gasteiger charge is 2.22. The van der Waals surface area contributed by atoms with Crippen molar-refractivity contribution in [1.82, 2.24) is 0 Å². The Morgan fingerprint density at radius 2 is 2.40 bits per heavy atom. The summed E-state index contributed by atoms with van der Waals surface area (Å²) >= 11 is 0. The minimum Gasteiger partial charge on any atom is -0.387 e. The van der Waals surface area contributed by atoms with E-state index in [1.165, 1.54) is 12.8 Å². The van der Waals surface area contributed by atoms with Crippen LogP contribution in [-0.2, 0) is 0 Å². The molecule has 0 fully saturated rings. The molecule has 2 heteroatoms. The van der Waals surface area contributed by atoms with E-state index in [4.69, 9.17) is 5.73 Å². The molecule has 0 aromatic rings. The van der Waals surface area contributed by atoms with E-state index >= 15 is 0 Å². The molecule has 0 amide bonds. The standard InChI is InChI=1S/C8H16N2/c1-3-4-7-6(2)5-8(9)10-7/h6-7H,3-5H2,1-2H3,(H2,9,10). The van der Waals surface area contributed by atoms with Crippen LogP contribution < -0.4 is 5.73 Å². The summed E-state index contributed by atoms with van der Waals surface area (Å²) < 4.78 is 0. The quantitative estimate of drug-likeness (QED) is 0.621. The van der Waals surface area contributed by atoms with Crippen LogP contribution in [-0.4, -0.2) is 11.9 Å². The Balaban J connectivity index is 2.44. The van der Waals surface area contributed by atoms with E-state index in [0.29, 0.717) is 12.0 Å². The lowest BCUT2D eigenvalue weighted by Crippen LogP contribution is -2.10. The topological polar surface area (TPSA) is 38.4 Å². The molecule has 1 rings (SSSR count). The minimum atomic E-state index is 0.519. The van der Waals surface area contributed by atoms with Crippen LogP contribution in [0.4, 0.5) is 0 Å². The molecular formula is C8H16N2. The number of amidine groups is 1. The van der Waals surface area contributed by atoms with Crippen molar-refractivity contribution in [2.45, 2.75) is 39.2 Å². The minimum absolute atomic E-state index is 0.519. The summed E-state index contributed by atoms with van der Waals surface area (Å²) in [5, 5.41) is 0. The summed E-state index contributed by atoms with van der Waals surface area (Å²) in [4.78, 5) is 4.35. The van der Waals surface area contributed by atoms with Gasteiger partial charge in [-0.25, -0.2) is 0 Å². The number of hydrogen-bond donors (Lipinski definition) is 1. The van der Waals surface area contributed by atoms with Crippen molar-refractivity contribution in [3.8, 4) is 0 Å². The highest BCUT2D eigenvalue weighted by Crippen LogP contribution is 2.22. The second-order valence-corrected chi connectivity index (χ2v) is 3.16. The van der Waals surface area contributed by atoms with Crippen LogP contribution in [0.25, 0.3) is 0 Å². The number of aliphatic imine (C=N–C) groups is 1. The fourth-order valence-corrected chi connectivity index (χ4v) is 1.50. The zero-order chi connectivity index (χ0) is 7.56. The average Bonchev–Trinajstić information content (AvgIpc) is 2.13. The predicted molar refractivity (Wildman–Crippen MR) is 44.1 cm³/mol. The molecule has 0 aromatic heterocycles. The van der Waals surface area contributed by atoms with Gasteiger partial charge in [-0.3, -0.25) is 4.99 Å². The molecule has 0 saturated carbocycles. The van der Waals surface area contributed by atoms with Crippen LogP contribution in [0.5, 0.6) is 0 Å². The van der Waals surface area contributed by atoms with Gasteiger partial charge in [-0.2, -0.15) is 0 Å². The molecule has 0 saturated heterocycles. The molecular weight excluding hydrogens is 124 g/mol. The van der Waals surface area contributed by atoms with Crippen LogP contribution >= 0.6 is 0 Å². The molecule has 2 atom stereocenters.